The largest absolute Gasteiger partial charge is 0.427 e. The number of hydrogen-bond acceptors (Lipinski definition) is 1. The molecule has 0 spiro atoms. The number of hydrogen-bond donors (Lipinski definition) is 0. The van der Waals surface area contributed by atoms with Crippen molar-refractivity contribution in [2.45, 2.75) is 13.0 Å². The first kappa shape index (κ1) is 15.7. The van der Waals surface area contributed by atoms with Gasteiger partial charge in [-0.2, -0.15) is 0 Å². The molecule has 0 rings (SSSR count). The molecule has 0 aliphatic rings. The van der Waals surface area contributed by atoms with Gasteiger partial charge in [-0.3, -0.25) is 0 Å². The molecule has 0 saturated heterocycles. The lowest BCUT2D eigenvalue weighted by Crippen LogP contribution is -1.86. The Morgan fingerprint density at radius 2 is 1.86 bits per heavy atom. The van der Waals surface area contributed by atoms with Gasteiger partial charge in [-0.05, 0) is 6.04 Å². The van der Waals surface area contributed by atoms with E-state index in [1.165, 1.54) is 6.04 Å². The second-order valence-electron chi connectivity index (χ2n) is 0.993. The Balaban J connectivity index is -0.0000000800. The third-order valence-corrected chi connectivity index (χ3v) is 1.22. The first-order valence-corrected chi connectivity index (χ1v) is 3.48. The second kappa shape index (κ2) is 15.9. The van der Waals surface area contributed by atoms with Crippen LogP contribution in [-0.2, 0) is 4.43 Å². The van der Waals surface area contributed by atoms with Crippen molar-refractivity contribution < 1.29 is 4.43 Å². The Morgan fingerprint density at radius 1 is 1.43 bits per heavy atom. The molecule has 0 atom stereocenters. The van der Waals surface area contributed by atoms with Crippen molar-refractivity contribution in [1.82, 2.24) is 0 Å². The first-order valence-electron chi connectivity index (χ1n) is 1.90. The maximum atomic E-state index is 4.83. The van der Waals surface area contributed by atoms with E-state index in [4.69, 9.17) is 4.43 Å². The van der Waals surface area contributed by atoms with E-state index < -0.39 is 0 Å². The summed E-state index contributed by atoms with van der Waals surface area (Å²) in [5.41, 5.74) is 0. The van der Waals surface area contributed by atoms with E-state index in [9.17, 15) is 0 Å². The molecule has 0 bridgehead atoms. The predicted octanol–water partition coefficient (Wildman–Crippen LogP) is 0.998. The van der Waals surface area contributed by atoms with Crippen LogP contribution in [0.5, 0.6) is 0 Å². The highest BCUT2D eigenvalue weighted by Crippen LogP contribution is 1.68. The molecule has 0 saturated carbocycles. The van der Waals surface area contributed by atoms with E-state index in [2.05, 4.69) is 6.92 Å². The van der Waals surface area contributed by atoms with Crippen LogP contribution in [0.3, 0.4) is 0 Å². The normalized spacial score (nSPS) is 7.71. The molecule has 0 aromatic rings. The molecule has 0 fully saturated rings. The maximum absolute atomic E-state index is 4.83. The average Bonchev–Trinajstić information content (AvgIpc) is 1.41. The molecular formula is C3H12Cl2OSi. The number of halogens is 2. The predicted molar refractivity (Wildman–Crippen MR) is 40.5 cm³/mol. The average molecular weight is 163 g/mol. The molecule has 1 nitrogen and oxygen atoms in total. The van der Waals surface area contributed by atoms with Crippen molar-refractivity contribution in [3.8, 4) is 0 Å². The fraction of sp³-hybridized carbons (Fsp3) is 1.00. The van der Waals surface area contributed by atoms with Crippen LogP contribution in [0.1, 0.15) is 6.92 Å². The molecule has 0 unspecified atom stereocenters. The van der Waals surface area contributed by atoms with Crippen LogP contribution in [0.15, 0.2) is 0 Å². The van der Waals surface area contributed by atoms with Crippen LogP contribution in [0.25, 0.3) is 0 Å². The summed E-state index contributed by atoms with van der Waals surface area (Å²) in [6.45, 7) is 2.15. The molecular weight excluding hydrogens is 151 g/mol. The van der Waals surface area contributed by atoms with Gasteiger partial charge in [0.15, 0.2) is 9.76 Å². The molecule has 0 heterocycles. The van der Waals surface area contributed by atoms with E-state index in [1.807, 2.05) is 0 Å². The summed E-state index contributed by atoms with van der Waals surface area (Å²) in [6.07, 6.45) is 0. The topological polar surface area (TPSA) is 9.23 Å². The van der Waals surface area contributed by atoms with Gasteiger partial charge in [-0.1, -0.05) is 6.92 Å². The lowest BCUT2D eigenvalue weighted by Gasteiger charge is -1.83. The van der Waals surface area contributed by atoms with Crippen molar-refractivity contribution in [1.29, 1.82) is 0 Å². The Labute approximate surface area is 59.6 Å². The highest BCUT2D eigenvalue weighted by Gasteiger charge is 1.69. The summed E-state index contributed by atoms with van der Waals surface area (Å²) in [4.78, 5) is 0. The van der Waals surface area contributed by atoms with Crippen LogP contribution < -0.4 is 0 Å². The fourth-order valence-corrected chi connectivity index (χ4v) is 0.612. The fourth-order valence-electron chi connectivity index (χ4n) is 0.204. The van der Waals surface area contributed by atoms with Crippen LogP contribution in [0.4, 0.5) is 0 Å². The molecule has 0 aliphatic carbocycles. The molecule has 0 radical (unpaired) electrons. The zero-order chi connectivity index (χ0) is 4.12. The molecule has 0 aromatic carbocycles. The van der Waals surface area contributed by atoms with E-state index in [-0.39, 0.29) is 34.6 Å². The number of rotatable bonds is 2. The zero-order valence-corrected chi connectivity index (χ0v) is 7.69. The highest BCUT2D eigenvalue weighted by molar-refractivity contribution is 6.26. The van der Waals surface area contributed by atoms with Crippen molar-refractivity contribution in [2.24, 2.45) is 0 Å². The van der Waals surface area contributed by atoms with Crippen LogP contribution in [-0.4, -0.2) is 16.9 Å². The van der Waals surface area contributed by atoms with Crippen molar-refractivity contribution >= 4 is 34.6 Å². The SMILES string of the molecule is CC[SiH2]OC.Cl.Cl. The molecule has 0 aliphatic heterocycles. The quantitative estimate of drug-likeness (QED) is 0.552. The zero-order valence-electron chi connectivity index (χ0n) is 4.64. The van der Waals surface area contributed by atoms with E-state index in [0.29, 0.717) is 0 Å². The van der Waals surface area contributed by atoms with Crippen molar-refractivity contribution in [3.05, 3.63) is 0 Å². The summed E-state index contributed by atoms with van der Waals surface area (Å²) in [7, 11) is 1.71. The molecule has 0 amide bonds. The van der Waals surface area contributed by atoms with Gasteiger partial charge in [0.1, 0.15) is 0 Å². The Hall–Kier alpha value is 0.757. The Bertz CT molecular complexity index is 20.4. The summed E-state index contributed by atoms with van der Waals surface area (Å²) in [6, 6.07) is 1.26. The molecule has 0 N–H and O–H groups in total. The van der Waals surface area contributed by atoms with Gasteiger partial charge in [0.25, 0.3) is 0 Å². The highest BCUT2D eigenvalue weighted by atomic mass is 35.5. The monoisotopic (exact) mass is 162 g/mol. The summed E-state index contributed by atoms with van der Waals surface area (Å²) in [5.74, 6) is 0. The lowest BCUT2D eigenvalue weighted by atomic mass is 11.0. The minimum atomic E-state index is -0.0679. The van der Waals surface area contributed by atoms with Gasteiger partial charge in [0, 0.05) is 7.11 Å². The van der Waals surface area contributed by atoms with Gasteiger partial charge < -0.3 is 4.43 Å². The van der Waals surface area contributed by atoms with Gasteiger partial charge in [0.2, 0.25) is 0 Å². The van der Waals surface area contributed by atoms with Gasteiger partial charge >= 0.3 is 0 Å². The Morgan fingerprint density at radius 3 is 1.86 bits per heavy atom. The third-order valence-electron chi connectivity index (χ3n) is 0.408. The van der Waals surface area contributed by atoms with Crippen LogP contribution in [0.2, 0.25) is 6.04 Å². The van der Waals surface area contributed by atoms with Gasteiger partial charge in [-0.15, -0.1) is 24.8 Å². The smallest absolute Gasteiger partial charge is 0.160 e. The molecule has 7 heavy (non-hydrogen) atoms. The summed E-state index contributed by atoms with van der Waals surface area (Å²) >= 11 is 0. The molecule has 4 heteroatoms. The lowest BCUT2D eigenvalue weighted by molar-refractivity contribution is 0.442. The molecule has 0 aromatic heterocycles. The van der Waals surface area contributed by atoms with E-state index in [0.717, 1.165) is 0 Å². The second-order valence-corrected chi connectivity index (χ2v) is 2.98. The minimum Gasteiger partial charge on any atom is -0.427 e. The van der Waals surface area contributed by atoms with Crippen molar-refractivity contribution in [2.75, 3.05) is 7.11 Å². The van der Waals surface area contributed by atoms with E-state index >= 15 is 0 Å². The third kappa shape index (κ3) is 20.1. The minimum absolute atomic E-state index is 0. The maximum Gasteiger partial charge on any atom is 0.160 e. The summed E-state index contributed by atoms with van der Waals surface area (Å²) < 4.78 is 4.83. The van der Waals surface area contributed by atoms with Gasteiger partial charge in [-0.25, -0.2) is 0 Å². The Kier molecular flexibility index (Phi) is 35.5. The van der Waals surface area contributed by atoms with Gasteiger partial charge in [0.05, 0.1) is 0 Å². The standard InChI is InChI=1S/C3H10OSi.2ClH/c1-3-5-4-2;;/h3,5H2,1-2H3;2*1H. The van der Waals surface area contributed by atoms with Crippen LogP contribution >= 0.6 is 24.8 Å². The van der Waals surface area contributed by atoms with Crippen molar-refractivity contribution in [3.63, 3.8) is 0 Å². The molecule has 48 valence electrons. The summed E-state index contributed by atoms with van der Waals surface area (Å²) in [5, 5.41) is 0. The van der Waals surface area contributed by atoms with E-state index in [1.54, 1.807) is 7.11 Å². The van der Waals surface area contributed by atoms with Crippen LogP contribution in [0, 0.1) is 0 Å². The first-order chi connectivity index (χ1) is 2.41.